The number of hydrogen-bond acceptors (Lipinski definition) is 2. The van der Waals surface area contributed by atoms with E-state index in [1.165, 1.54) is 64.6 Å². The Morgan fingerprint density at radius 3 is 2.45 bits per heavy atom. The van der Waals surface area contributed by atoms with Crippen LogP contribution < -0.4 is 5.32 Å². The second-order valence-electron chi connectivity index (χ2n) is 7.51. The normalized spacial score (nSPS) is 25.1. The van der Waals surface area contributed by atoms with Crippen LogP contribution in [0.15, 0.2) is 0 Å². The van der Waals surface area contributed by atoms with Gasteiger partial charge in [0.15, 0.2) is 0 Å². The molecule has 2 nitrogen and oxygen atoms in total. The summed E-state index contributed by atoms with van der Waals surface area (Å²) in [6.45, 7) is 15.6. The Kier molecular flexibility index (Phi) is 8.13. The third kappa shape index (κ3) is 6.13. The molecule has 120 valence electrons. The lowest BCUT2D eigenvalue weighted by Gasteiger charge is -2.44. The van der Waals surface area contributed by atoms with Crippen molar-refractivity contribution in [2.75, 3.05) is 19.6 Å². The van der Waals surface area contributed by atoms with Crippen molar-refractivity contribution in [3.63, 3.8) is 0 Å². The van der Waals surface area contributed by atoms with Crippen LogP contribution >= 0.6 is 0 Å². The predicted molar refractivity (Wildman–Crippen MR) is 90.3 cm³/mol. The summed E-state index contributed by atoms with van der Waals surface area (Å²) in [5, 5.41) is 3.75. The number of unbranched alkanes of at least 4 members (excludes halogenated alkanes) is 2. The fourth-order valence-electron chi connectivity index (χ4n) is 3.55. The number of nitrogens with one attached hydrogen (secondary N) is 1. The first-order chi connectivity index (χ1) is 9.52. The van der Waals surface area contributed by atoms with Crippen molar-refractivity contribution in [1.29, 1.82) is 0 Å². The van der Waals surface area contributed by atoms with Gasteiger partial charge < -0.3 is 5.32 Å². The Morgan fingerprint density at radius 1 is 1.10 bits per heavy atom. The maximum absolute atomic E-state index is 3.75. The van der Waals surface area contributed by atoms with Gasteiger partial charge in [0.1, 0.15) is 0 Å². The van der Waals surface area contributed by atoms with Crippen molar-refractivity contribution in [2.45, 2.75) is 91.6 Å². The zero-order valence-electron chi connectivity index (χ0n) is 14.7. The summed E-state index contributed by atoms with van der Waals surface area (Å²) in [6, 6.07) is 1.46. The van der Waals surface area contributed by atoms with Crippen LogP contribution in [0, 0.1) is 5.41 Å². The van der Waals surface area contributed by atoms with Crippen molar-refractivity contribution >= 4 is 0 Å². The van der Waals surface area contributed by atoms with Gasteiger partial charge in [-0.1, -0.05) is 60.3 Å². The largest absolute Gasteiger partial charge is 0.311 e. The third-order valence-corrected chi connectivity index (χ3v) is 4.81. The van der Waals surface area contributed by atoms with Crippen molar-refractivity contribution in [3.8, 4) is 0 Å². The molecule has 1 fully saturated rings. The van der Waals surface area contributed by atoms with Crippen LogP contribution in [0.1, 0.15) is 79.6 Å². The summed E-state index contributed by atoms with van der Waals surface area (Å²) in [5.41, 5.74) is 0.469. The second-order valence-corrected chi connectivity index (χ2v) is 7.51. The molecule has 0 aromatic carbocycles. The maximum Gasteiger partial charge on any atom is 0.0219 e. The predicted octanol–water partition coefficient (Wildman–Crippen LogP) is 4.45. The summed E-state index contributed by atoms with van der Waals surface area (Å²) in [6.07, 6.45) is 9.38. The standard InChI is InChI=1S/C18H38N2/c1-6-9-10-12-18(4,5)15-20-14-16(11-7-2)19-13-17(20)8-3/h16-17,19H,6-15H2,1-5H3. The number of hydrogen-bond donors (Lipinski definition) is 1. The Balaban J connectivity index is 2.50. The van der Waals surface area contributed by atoms with Gasteiger partial charge in [-0.2, -0.15) is 0 Å². The lowest BCUT2D eigenvalue weighted by molar-refractivity contribution is 0.0749. The highest BCUT2D eigenvalue weighted by molar-refractivity contribution is 4.88. The molecule has 0 saturated carbocycles. The molecule has 1 rings (SSSR count). The Labute approximate surface area is 127 Å². The first kappa shape index (κ1) is 18.0. The number of rotatable bonds is 9. The van der Waals surface area contributed by atoms with Gasteiger partial charge in [0.25, 0.3) is 0 Å². The quantitative estimate of drug-likeness (QED) is 0.629. The SMILES string of the molecule is CCCCCC(C)(C)CN1CC(CCC)NCC1CC. The minimum absolute atomic E-state index is 0.469. The molecular weight excluding hydrogens is 244 g/mol. The van der Waals surface area contributed by atoms with Crippen LogP contribution in [0.3, 0.4) is 0 Å². The Bertz CT molecular complexity index is 250. The van der Waals surface area contributed by atoms with E-state index in [1.54, 1.807) is 0 Å². The van der Waals surface area contributed by atoms with Crippen molar-refractivity contribution in [1.82, 2.24) is 10.2 Å². The molecule has 1 aliphatic heterocycles. The van der Waals surface area contributed by atoms with Gasteiger partial charge in [-0.15, -0.1) is 0 Å². The maximum atomic E-state index is 3.75. The summed E-state index contributed by atoms with van der Waals surface area (Å²) in [4.78, 5) is 2.78. The van der Waals surface area contributed by atoms with Crippen LogP contribution in [0.2, 0.25) is 0 Å². The van der Waals surface area contributed by atoms with Crippen LogP contribution in [-0.2, 0) is 0 Å². The molecule has 0 aromatic rings. The first-order valence-corrected chi connectivity index (χ1v) is 8.99. The summed E-state index contributed by atoms with van der Waals surface area (Å²) in [5.74, 6) is 0. The van der Waals surface area contributed by atoms with E-state index in [9.17, 15) is 0 Å². The topological polar surface area (TPSA) is 15.3 Å². The summed E-state index contributed by atoms with van der Waals surface area (Å²) < 4.78 is 0. The second kappa shape index (κ2) is 9.04. The van der Waals surface area contributed by atoms with Crippen molar-refractivity contribution < 1.29 is 0 Å². The molecule has 1 N–H and O–H groups in total. The molecule has 0 amide bonds. The molecule has 2 atom stereocenters. The van der Waals surface area contributed by atoms with Gasteiger partial charge in [-0.3, -0.25) is 4.90 Å². The fraction of sp³-hybridized carbons (Fsp3) is 1.00. The molecule has 0 aliphatic carbocycles. The molecule has 1 saturated heterocycles. The monoisotopic (exact) mass is 282 g/mol. The molecule has 1 heterocycles. The van der Waals surface area contributed by atoms with E-state index < -0.39 is 0 Å². The fourth-order valence-corrected chi connectivity index (χ4v) is 3.55. The van der Waals surface area contributed by atoms with Crippen molar-refractivity contribution in [3.05, 3.63) is 0 Å². The first-order valence-electron chi connectivity index (χ1n) is 8.99. The molecule has 0 radical (unpaired) electrons. The van der Waals surface area contributed by atoms with E-state index in [-0.39, 0.29) is 0 Å². The van der Waals surface area contributed by atoms with Crippen LogP contribution in [0.4, 0.5) is 0 Å². The molecule has 0 aromatic heterocycles. The highest BCUT2D eigenvalue weighted by Crippen LogP contribution is 2.27. The highest BCUT2D eigenvalue weighted by Gasteiger charge is 2.30. The zero-order chi connectivity index (χ0) is 15.0. The lowest BCUT2D eigenvalue weighted by Crippen LogP contribution is -2.57. The van der Waals surface area contributed by atoms with Gasteiger partial charge in [-0.05, 0) is 24.7 Å². The smallest absolute Gasteiger partial charge is 0.0219 e. The minimum Gasteiger partial charge on any atom is -0.311 e. The van der Waals surface area contributed by atoms with Crippen molar-refractivity contribution in [2.24, 2.45) is 5.41 Å². The molecule has 2 unspecified atom stereocenters. The van der Waals surface area contributed by atoms with Crippen LogP contribution in [-0.4, -0.2) is 36.6 Å². The molecule has 1 aliphatic rings. The number of piperazine rings is 1. The highest BCUT2D eigenvalue weighted by atomic mass is 15.2. The third-order valence-electron chi connectivity index (χ3n) is 4.81. The van der Waals surface area contributed by atoms with Crippen LogP contribution in [0.25, 0.3) is 0 Å². The summed E-state index contributed by atoms with van der Waals surface area (Å²) >= 11 is 0. The molecule has 0 spiro atoms. The van der Waals surface area contributed by atoms with Crippen LogP contribution in [0.5, 0.6) is 0 Å². The average molecular weight is 283 g/mol. The zero-order valence-corrected chi connectivity index (χ0v) is 14.7. The van der Waals surface area contributed by atoms with Gasteiger partial charge in [0.05, 0.1) is 0 Å². The van der Waals surface area contributed by atoms with E-state index in [2.05, 4.69) is 44.8 Å². The van der Waals surface area contributed by atoms with E-state index in [0.29, 0.717) is 11.5 Å². The van der Waals surface area contributed by atoms with Gasteiger partial charge in [0.2, 0.25) is 0 Å². The minimum atomic E-state index is 0.469. The average Bonchev–Trinajstić information content (AvgIpc) is 2.39. The molecule has 0 bridgehead atoms. The number of nitrogens with zero attached hydrogens (tertiary/aromatic N) is 1. The van der Waals surface area contributed by atoms with E-state index in [1.807, 2.05) is 0 Å². The van der Waals surface area contributed by atoms with Gasteiger partial charge >= 0.3 is 0 Å². The Hall–Kier alpha value is -0.0800. The van der Waals surface area contributed by atoms with E-state index in [0.717, 1.165) is 6.04 Å². The van der Waals surface area contributed by atoms with Gasteiger partial charge in [-0.25, -0.2) is 0 Å². The molecular formula is C18H38N2. The van der Waals surface area contributed by atoms with E-state index >= 15 is 0 Å². The Morgan fingerprint density at radius 2 is 1.85 bits per heavy atom. The summed E-state index contributed by atoms with van der Waals surface area (Å²) in [7, 11) is 0. The molecule has 20 heavy (non-hydrogen) atoms. The lowest BCUT2D eigenvalue weighted by atomic mass is 9.85. The van der Waals surface area contributed by atoms with E-state index in [4.69, 9.17) is 0 Å². The van der Waals surface area contributed by atoms with Gasteiger partial charge in [0, 0.05) is 31.7 Å². The molecule has 2 heteroatoms.